The molecule has 1 aliphatic heterocycles. The number of benzene rings is 1. The van der Waals surface area contributed by atoms with Crippen molar-refractivity contribution in [3.05, 3.63) is 39.9 Å². The molecule has 0 aromatic heterocycles. The summed E-state index contributed by atoms with van der Waals surface area (Å²) in [6.45, 7) is 5.95. The first-order chi connectivity index (χ1) is 10.9. The highest BCUT2D eigenvalue weighted by Crippen LogP contribution is 2.55. The number of hydrogen-bond donors (Lipinski definition) is 0. The van der Waals surface area contributed by atoms with Gasteiger partial charge in [-0.25, -0.2) is 0 Å². The molecule has 1 aliphatic carbocycles. The van der Waals surface area contributed by atoms with E-state index < -0.39 is 17.4 Å². The maximum atomic E-state index is 12.8. The van der Waals surface area contributed by atoms with Gasteiger partial charge in [0.15, 0.2) is 5.41 Å². The van der Waals surface area contributed by atoms with Crippen molar-refractivity contribution in [2.45, 2.75) is 39.5 Å². The number of fused-ring (bicyclic) bond motifs is 3. The van der Waals surface area contributed by atoms with E-state index in [-0.39, 0.29) is 12.5 Å². The van der Waals surface area contributed by atoms with Crippen LogP contribution < -0.4 is 4.74 Å². The Balaban J connectivity index is 2.21. The lowest BCUT2D eigenvalue weighted by atomic mass is 9.61. The Morgan fingerprint density at radius 2 is 2.13 bits per heavy atom. The fourth-order valence-electron chi connectivity index (χ4n) is 3.57. The van der Waals surface area contributed by atoms with E-state index in [1.807, 2.05) is 13.8 Å². The second-order valence-corrected chi connectivity index (χ2v) is 6.69. The first-order valence-electron chi connectivity index (χ1n) is 7.74. The van der Waals surface area contributed by atoms with Crippen molar-refractivity contribution in [3.8, 4) is 5.75 Å². The van der Waals surface area contributed by atoms with Crippen molar-refractivity contribution in [2.24, 2.45) is 5.41 Å². The number of ether oxygens (including phenoxy) is 2. The molecule has 3 rings (SSSR count). The molecule has 0 fully saturated rings. The lowest BCUT2D eigenvalue weighted by Crippen LogP contribution is -2.52. The zero-order valence-corrected chi connectivity index (χ0v) is 14.2. The molecule has 1 aromatic carbocycles. The standard InChI is InChI=1S/C18H19ClO4/c1-4-22-16(20)18-9-11(3)10(2)7-14(18)13-8-12(19)5-6-15(13)23-17(18)21/h5-6,8,14H,4,7,9H2,1-3H3/t14-,18-/m0/s1. The van der Waals surface area contributed by atoms with E-state index in [1.54, 1.807) is 25.1 Å². The van der Waals surface area contributed by atoms with Crippen molar-refractivity contribution < 1.29 is 19.1 Å². The van der Waals surface area contributed by atoms with Gasteiger partial charge >= 0.3 is 11.9 Å². The Bertz CT molecular complexity index is 722. The van der Waals surface area contributed by atoms with E-state index in [1.165, 1.54) is 5.57 Å². The summed E-state index contributed by atoms with van der Waals surface area (Å²) in [6, 6.07) is 5.16. The van der Waals surface area contributed by atoms with Gasteiger partial charge in [0.1, 0.15) is 5.75 Å². The number of carbonyl (C=O) groups is 2. The van der Waals surface area contributed by atoms with Gasteiger partial charge in [0, 0.05) is 16.5 Å². The Hall–Kier alpha value is -1.81. The molecule has 0 spiro atoms. The van der Waals surface area contributed by atoms with Crippen LogP contribution in [0.5, 0.6) is 5.75 Å². The number of esters is 2. The maximum Gasteiger partial charge on any atom is 0.329 e. The topological polar surface area (TPSA) is 52.6 Å². The molecule has 1 heterocycles. The van der Waals surface area contributed by atoms with Crippen LogP contribution in [0.25, 0.3) is 0 Å². The molecule has 0 unspecified atom stereocenters. The summed E-state index contributed by atoms with van der Waals surface area (Å²) in [4.78, 5) is 25.5. The van der Waals surface area contributed by atoms with Crippen molar-refractivity contribution in [3.63, 3.8) is 0 Å². The highest BCUT2D eigenvalue weighted by Gasteiger charge is 2.60. The molecular weight excluding hydrogens is 316 g/mol. The third-order valence-electron chi connectivity index (χ3n) is 4.93. The number of rotatable bonds is 2. The summed E-state index contributed by atoms with van der Waals surface area (Å²) < 4.78 is 10.7. The Morgan fingerprint density at radius 1 is 1.39 bits per heavy atom. The van der Waals surface area contributed by atoms with E-state index in [9.17, 15) is 9.59 Å². The molecule has 23 heavy (non-hydrogen) atoms. The quantitative estimate of drug-likeness (QED) is 0.355. The Kier molecular flexibility index (Phi) is 3.96. The molecule has 0 saturated heterocycles. The van der Waals surface area contributed by atoms with Crippen LogP contribution in [-0.4, -0.2) is 18.5 Å². The molecule has 4 nitrogen and oxygen atoms in total. The largest absolute Gasteiger partial charge is 0.465 e. The maximum absolute atomic E-state index is 12.8. The molecule has 5 heteroatoms. The van der Waals surface area contributed by atoms with Crippen molar-refractivity contribution in [1.82, 2.24) is 0 Å². The van der Waals surface area contributed by atoms with E-state index in [0.29, 0.717) is 23.6 Å². The minimum absolute atomic E-state index is 0.227. The van der Waals surface area contributed by atoms with Crippen molar-refractivity contribution in [1.29, 1.82) is 0 Å². The number of carbonyl (C=O) groups excluding carboxylic acids is 2. The second kappa shape index (κ2) is 5.68. The van der Waals surface area contributed by atoms with Crippen LogP contribution in [-0.2, 0) is 14.3 Å². The molecule has 0 saturated carbocycles. The molecule has 0 radical (unpaired) electrons. The van der Waals surface area contributed by atoms with Crippen molar-refractivity contribution in [2.75, 3.05) is 6.61 Å². The van der Waals surface area contributed by atoms with Crippen LogP contribution in [0, 0.1) is 5.41 Å². The van der Waals surface area contributed by atoms with Gasteiger partial charge in [-0.2, -0.15) is 0 Å². The lowest BCUT2D eigenvalue weighted by molar-refractivity contribution is -0.171. The van der Waals surface area contributed by atoms with Crippen LogP contribution in [0.3, 0.4) is 0 Å². The smallest absolute Gasteiger partial charge is 0.329 e. The van der Waals surface area contributed by atoms with Crippen LogP contribution in [0.1, 0.15) is 45.1 Å². The van der Waals surface area contributed by atoms with Gasteiger partial charge in [-0.05, 0) is 51.8 Å². The highest BCUT2D eigenvalue weighted by atomic mass is 35.5. The predicted molar refractivity (Wildman–Crippen MR) is 86.5 cm³/mol. The summed E-state index contributed by atoms with van der Waals surface area (Å²) in [5.41, 5.74) is 1.72. The molecule has 0 bridgehead atoms. The van der Waals surface area contributed by atoms with E-state index in [2.05, 4.69) is 0 Å². The third kappa shape index (κ3) is 2.36. The average molecular weight is 335 g/mol. The van der Waals surface area contributed by atoms with E-state index in [0.717, 1.165) is 11.1 Å². The normalized spacial score (nSPS) is 26.3. The van der Waals surface area contributed by atoms with Crippen LogP contribution in [0.4, 0.5) is 0 Å². The molecular formula is C18H19ClO4. The summed E-state index contributed by atoms with van der Waals surface area (Å²) >= 11 is 6.13. The third-order valence-corrected chi connectivity index (χ3v) is 5.17. The number of hydrogen-bond acceptors (Lipinski definition) is 4. The van der Waals surface area contributed by atoms with Gasteiger partial charge in [-0.3, -0.25) is 9.59 Å². The second-order valence-electron chi connectivity index (χ2n) is 6.26. The van der Waals surface area contributed by atoms with Crippen molar-refractivity contribution >= 4 is 23.5 Å². The monoisotopic (exact) mass is 334 g/mol. The van der Waals surface area contributed by atoms with Crippen LogP contribution in [0.2, 0.25) is 5.02 Å². The van der Waals surface area contributed by atoms with Gasteiger partial charge in [0.25, 0.3) is 0 Å². The minimum Gasteiger partial charge on any atom is -0.465 e. The predicted octanol–water partition coefficient (Wildman–Crippen LogP) is 4.02. The summed E-state index contributed by atoms with van der Waals surface area (Å²) in [7, 11) is 0. The number of allylic oxidation sites excluding steroid dienone is 2. The minimum atomic E-state index is -1.31. The van der Waals surface area contributed by atoms with Gasteiger partial charge in [-0.1, -0.05) is 22.7 Å². The average Bonchev–Trinajstić information content (AvgIpc) is 2.50. The Morgan fingerprint density at radius 3 is 2.83 bits per heavy atom. The molecule has 2 aliphatic rings. The van der Waals surface area contributed by atoms with Gasteiger partial charge in [0.2, 0.25) is 0 Å². The summed E-state index contributed by atoms with van der Waals surface area (Å²) in [5.74, 6) is -0.855. The zero-order chi connectivity index (χ0) is 16.8. The fraction of sp³-hybridized carbons (Fsp3) is 0.444. The molecule has 1 aromatic rings. The highest BCUT2D eigenvalue weighted by molar-refractivity contribution is 6.30. The molecule has 122 valence electrons. The van der Waals surface area contributed by atoms with E-state index >= 15 is 0 Å². The first-order valence-corrected chi connectivity index (χ1v) is 8.12. The van der Waals surface area contributed by atoms with Crippen LogP contribution >= 0.6 is 11.6 Å². The van der Waals surface area contributed by atoms with E-state index in [4.69, 9.17) is 21.1 Å². The molecule has 0 N–H and O–H groups in total. The summed E-state index contributed by atoms with van der Waals surface area (Å²) in [6.07, 6.45) is 0.945. The SMILES string of the molecule is CCOC(=O)[C@]12CC(C)=C(C)C[C@H]1c1cc(Cl)ccc1OC2=O. The van der Waals surface area contributed by atoms with Gasteiger partial charge < -0.3 is 9.47 Å². The van der Waals surface area contributed by atoms with Gasteiger partial charge in [-0.15, -0.1) is 0 Å². The summed E-state index contributed by atoms with van der Waals surface area (Å²) in [5, 5.41) is 0.559. The fourth-order valence-corrected chi connectivity index (χ4v) is 3.75. The molecule has 0 amide bonds. The molecule has 2 atom stereocenters. The zero-order valence-electron chi connectivity index (χ0n) is 13.4. The van der Waals surface area contributed by atoms with Gasteiger partial charge in [0.05, 0.1) is 6.61 Å². The lowest BCUT2D eigenvalue weighted by Gasteiger charge is -2.44. The first kappa shape index (κ1) is 16.1. The number of halogens is 1. The Labute approximate surface area is 140 Å². The van der Waals surface area contributed by atoms with Crippen LogP contribution in [0.15, 0.2) is 29.3 Å².